The topological polar surface area (TPSA) is 85.7 Å². The number of nitrogens with one attached hydrogen (secondary N) is 1. The second-order valence-corrected chi connectivity index (χ2v) is 6.57. The van der Waals surface area contributed by atoms with Crippen LogP contribution in [0.25, 0.3) is 10.9 Å². The van der Waals surface area contributed by atoms with Gasteiger partial charge in [-0.15, -0.1) is 4.68 Å². The van der Waals surface area contributed by atoms with E-state index in [0.29, 0.717) is 44.1 Å². The zero-order valence-electron chi connectivity index (χ0n) is 14.5. The molecule has 0 spiro atoms. The van der Waals surface area contributed by atoms with Gasteiger partial charge in [0.2, 0.25) is 0 Å². The largest absolute Gasteiger partial charge is 0.491 e. The Hall–Kier alpha value is -2.58. The lowest BCUT2D eigenvalue weighted by Crippen LogP contribution is -2.32. The van der Waals surface area contributed by atoms with E-state index < -0.39 is 11.2 Å². The van der Waals surface area contributed by atoms with Gasteiger partial charge in [-0.3, -0.25) is 4.79 Å². The molecule has 0 aliphatic carbocycles. The van der Waals surface area contributed by atoms with Crippen molar-refractivity contribution in [2.75, 3.05) is 13.7 Å². The molecule has 0 fully saturated rings. The van der Waals surface area contributed by atoms with Gasteiger partial charge in [-0.25, -0.2) is 4.79 Å². The lowest BCUT2D eigenvalue weighted by atomic mass is 10.2. The van der Waals surface area contributed by atoms with E-state index in [9.17, 15) is 9.59 Å². The van der Waals surface area contributed by atoms with Crippen LogP contribution >= 0.6 is 27.5 Å². The summed E-state index contributed by atoms with van der Waals surface area (Å²) in [5.41, 5.74) is -0.197. The average molecular weight is 453 g/mol. The third kappa shape index (κ3) is 3.63. The summed E-state index contributed by atoms with van der Waals surface area (Å²) >= 11 is 9.69. The minimum atomic E-state index is -0.643. The average Bonchev–Trinajstić information content (AvgIpc) is 2.65. The second-order valence-electron chi connectivity index (χ2n) is 5.40. The zero-order chi connectivity index (χ0) is 19.6. The van der Waals surface area contributed by atoms with Crippen LogP contribution in [0.1, 0.15) is 12.5 Å². The van der Waals surface area contributed by atoms with E-state index in [2.05, 4.69) is 26.0 Å². The minimum Gasteiger partial charge on any atom is -0.491 e. The number of methoxy groups -OCH3 is 1. The summed E-state index contributed by atoms with van der Waals surface area (Å²) < 4.78 is 12.1. The molecule has 0 unspecified atom stereocenters. The number of nitrogens with zero attached hydrogens (tertiary/aromatic N) is 2. The number of aromatic amines is 1. The van der Waals surface area contributed by atoms with E-state index in [1.165, 1.54) is 13.3 Å². The Morgan fingerprint density at radius 1 is 1.33 bits per heavy atom. The van der Waals surface area contributed by atoms with E-state index in [1.807, 2.05) is 6.92 Å². The van der Waals surface area contributed by atoms with Crippen LogP contribution in [0.3, 0.4) is 0 Å². The highest BCUT2D eigenvalue weighted by Crippen LogP contribution is 2.41. The Morgan fingerprint density at radius 2 is 2.07 bits per heavy atom. The maximum Gasteiger partial charge on any atom is 0.349 e. The summed E-state index contributed by atoms with van der Waals surface area (Å²) in [5.74, 6) is 0.803. The van der Waals surface area contributed by atoms with Crippen LogP contribution < -0.4 is 20.7 Å². The normalized spacial score (nSPS) is 11.3. The molecule has 9 heteroatoms. The van der Waals surface area contributed by atoms with Crippen LogP contribution in [0.15, 0.2) is 49.5 Å². The molecule has 7 nitrogen and oxygen atoms in total. The summed E-state index contributed by atoms with van der Waals surface area (Å²) in [6, 6.07) is 8.37. The Labute approximate surface area is 167 Å². The Morgan fingerprint density at radius 3 is 2.78 bits per heavy atom. The van der Waals surface area contributed by atoms with Crippen molar-refractivity contribution in [3.63, 3.8) is 0 Å². The van der Waals surface area contributed by atoms with Crippen LogP contribution in [0, 0.1) is 0 Å². The standard InChI is InChI=1S/C18H15BrClN3O4/c1-3-27-13-8-10(14(19)15(20)16(13)26-2)9-21-23-17(24)11-6-4-5-7-12(11)22-18(23)25/h4-9H,3H2,1-2H3,(H,22,25). The molecule has 27 heavy (non-hydrogen) atoms. The van der Waals surface area contributed by atoms with Crippen molar-refractivity contribution >= 4 is 44.6 Å². The van der Waals surface area contributed by atoms with Gasteiger partial charge in [0.15, 0.2) is 11.5 Å². The summed E-state index contributed by atoms with van der Waals surface area (Å²) in [5, 5.41) is 4.69. The number of H-pyrrole nitrogens is 1. The first kappa shape index (κ1) is 19.2. The highest BCUT2D eigenvalue weighted by atomic mass is 79.9. The third-order valence-corrected chi connectivity index (χ3v) is 5.20. The summed E-state index contributed by atoms with van der Waals surface area (Å²) in [6.45, 7) is 2.24. The highest BCUT2D eigenvalue weighted by Gasteiger charge is 2.16. The van der Waals surface area contributed by atoms with Crippen molar-refractivity contribution in [1.82, 2.24) is 9.66 Å². The fourth-order valence-electron chi connectivity index (χ4n) is 2.53. The SMILES string of the molecule is CCOc1cc(C=Nn2c(=O)[nH]c3ccccc3c2=O)c(Br)c(Cl)c1OC. The lowest BCUT2D eigenvalue weighted by Gasteiger charge is -2.13. The molecule has 0 bridgehead atoms. The number of aromatic nitrogens is 2. The van der Waals surface area contributed by atoms with E-state index in [4.69, 9.17) is 21.1 Å². The number of para-hydroxylation sites is 1. The van der Waals surface area contributed by atoms with Crippen molar-refractivity contribution < 1.29 is 9.47 Å². The van der Waals surface area contributed by atoms with Crippen LogP contribution in [-0.4, -0.2) is 29.6 Å². The third-order valence-electron chi connectivity index (χ3n) is 3.76. The number of rotatable bonds is 5. The van der Waals surface area contributed by atoms with Crippen molar-refractivity contribution in [3.8, 4) is 11.5 Å². The van der Waals surface area contributed by atoms with Gasteiger partial charge in [-0.2, -0.15) is 5.10 Å². The molecule has 0 saturated heterocycles. The minimum absolute atomic E-state index is 0.296. The van der Waals surface area contributed by atoms with E-state index in [1.54, 1.807) is 30.3 Å². The molecule has 140 valence electrons. The molecule has 0 saturated carbocycles. The number of hydrogen-bond donors (Lipinski definition) is 1. The van der Waals surface area contributed by atoms with Crippen LogP contribution in [0.2, 0.25) is 5.02 Å². The van der Waals surface area contributed by atoms with Crippen molar-refractivity contribution in [2.45, 2.75) is 6.92 Å². The molecule has 1 heterocycles. The molecule has 0 aliphatic rings. The van der Waals surface area contributed by atoms with Gasteiger partial charge < -0.3 is 14.5 Å². The maximum atomic E-state index is 12.5. The van der Waals surface area contributed by atoms with Gasteiger partial charge in [0.25, 0.3) is 5.56 Å². The van der Waals surface area contributed by atoms with Crippen LogP contribution in [0.4, 0.5) is 0 Å². The molecule has 0 radical (unpaired) electrons. The van der Waals surface area contributed by atoms with Gasteiger partial charge in [0, 0.05) is 10.0 Å². The Kier molecular flexibility index (Phi) is 5.67. The van der Waals surface area contributed by atoms with Gasteiger partial charge in [-0.1, -0.05) is 23.7 Å². The molecule has 3 rings (SSSR count). The molecule has 0 amide bonds. The first-order chi connectivity index (χ1) is 13.0. The predicted molar refractivity (Wildman–Crippen MR) is 109 cm³/mol. The van der Waals surface area contributed by atoms with E-state index in [0.717, 1.165) is 4.68 Å². The van der Waals surface area contributed by atoms with Gasteiger partial charge in [0.05, 0.1) is 30.8 Å². The molecule has 2 aromatic carbocycles. The van der Waals surface area contributed by atoms with Gasteiger partial charge >= 0.3 is 5.69 Å². The summed E-state index contributed by atoms with van der Waals surface area (Å²) in [6.07, 6.45) is 1.35. The molecule has 1 N–H and O–H groups in total. The second kappa shape index (κ2) is 7.98. The molecule has 1 aromatic heterocycles. The van der Waals surface area contributed by atoms with E-state index in [-0.39, 0.29) is 0 Å². The molecule has 0 aliphatic heterocycles. The molecule has 3 aromatic rings. The summed E-state index contributed by atoms with van der Waals surface area (Å²) in [7, 11) is 1.48. The fourth-order valence-corrected chi connectivity index (χ4v) is 3.21. The Bertz CT molecular complexity index is 1150. The van der Waals surface area contributed by atoms with Gasteiger partial charge in [-0.05, 0) is 41.1 Å². The quantitative estimate of drug-likeness (QED) is 0.601. The van der Waals surface area contributed by atoms with Gasteiger partial charge in [0.1, 0.15) is 5.02 Å². The van der Waals surface area contributed by atoms with E-state index >= 15 is 0 Å². The molecular weight excluding hydrogens is 438 g/mol. The summed E-state index contributed by atoms with van der Waals surface area (Å²) in [4.78, 5) is 27.4. The Balaban J connectivity index is 2.13. The highest BCUT2D eigenvalue weighted by molar-refractivity contribution is 9.10. The number of halogens is 2. The number of hydrogen-bond acceptors (Lipinski definition) is 5. The maximum absolute atomic E-state index is 12.5. The van der Waals surface area contributed by atoms with Crippen molar-refractivity contribution in [1.29, 1.82) is 0 Å². The zero-order valence-corrected chi connectivity index (χ0v) is 16.8. The van der Waals surface area contributed by atoms with Crippen molar-refractivity contribution in [2.24, 2.45) is 5.10 Å². The number of fused-ring (bicyclic) bond motifs is 1. The van der Waals surface area contributed by atoms with Crippen LogP contribution in [-0.2, 0) is 0 Å². The number of ether oxygens (including phenoxy) is 2. The fraction of sp³-hybridized carbons (Fsp3) is 0.167. The molecular formula is C18H15BrClN3O4. The first-order valence-corrected chi connectivity index (χ1v) is 9.12. The lowest BCUT2D eigenvalue weighted by molar-refractivity contribution is 0.311. The number of benzene rings is 2. The smallest absolute Gasteiger partial charge is 0.349 e. The monoisotopic (exact) mass is 451 g/mol. The first-order valence-electron chi connectivity index (χ1n) is 7.95. The molecule has 0 atom stereocenters. The van der Waals surface area contributed by atoms with Crippen LogP contribution in [0.5, 0.6) is 11.5 Å². The van der Waals surface area contributed by atoms with Crippen molar-refractivity contribution in [3.05, 3.63) is 66.2 Å². The predicted octanol–water partition coefficient (Wildman–Crippen LogP) is 3.40.